The second-order valence-corrected chi connectivity index (χ2v) is 8.70. The molecule has 4 heterocycles. The number of aromatic nitrogens is 2. The average molecular weight is 433 g/mol. The molecule has 0 amide bonds. The van der Waals surface area contributed by atoms with Crippen LogP contribution in [0.4, 0.5) is 5.69 Å². The summed E-state index contributed by atoms with van der Waals surface area (Å²) >= 11 is 5.86. The van der Waals surface area contributed by atoms with E-state index in [-0.39, 0.29) is 18.9 Å². The minimum atomic E-state index is -0.0471. The highest BCUT2D eigenvalue weighted by molar-refractivity contribution is 7.80. The monoisotopic (exact) mass is 432 g/mol. The van der Waals surface area contributed by atoms with Crippen molar-refractivity contribution in [3.05, 3.63) is 72.3 Å². The van der Waals surface area contributed by atoms with E-state index in [1.165, 1.54) is 31.4 Å². The van der Waals surface area contributed by atoms with Crippen molar-refractivity contribution in [2.24, 2.45) is 0 Å². The lowest BCUT2D eigenvalue weighted by molar-refractivity contribution is 0.174. The van der Waals surface area contributed by atoms with Crippen LogP contribution in [0.2, 0.25) is 0 Å². The Balaban J connectivity index is 1.47. The Morgan fingerprint density at radius 2 is 1.87 bits per heavy atom. The number of anilines is 1. The Kier molecular flexibility index (Phi) is 4.56. The van der Waals surface area contributed by atoms with Crippen LogP contribution in [-0.2, 0) is 0 Å². The van der Waals surface area contributed by atoms with Crippen LogP contribution in [0.5, 0.6) is 11.5 Å². The lowest BCUT2D eigenvalue weighted by Gasteiger charge is -2.30. The molecule has 1 saturated carbocycles. The summed E-state index contributed by atoms with van der Waals surface area (Å²) in [5.41, 5.74) is 3.23. The normalized spacial score (nSPS) is 22.8. The minimum Gasteiger partial charge on any atom is -0.454 e. The summed E-state index contributed by atoms with van der Waals surface area (Å²) in [6.07, 6.45) is 9.10. The molecule has 0 bridgehead atoms. The van der Waals surface area contributed by atoms with Crippen LogP contribution < -0.4 is 19.7 Å². The maximum atomic E-state index is 5.86. The van der Waals surface area contributed by atoms with Gasteiger partial charge in [-0.3, -0.25) is 4.98 Å². The van der Waals surface area contributed by atoms with E-state index in [0.29, 0.717) is 11.2 Å². The molecule has 2 aromatic heterocycles. The number of ether oxygens (including phenoxy) is 2. The van der Waals surface area contributed by atoms with Gasteiger partial charge in [-0.1, -0.05) is 18.9 Å². The van der Waals surface area contributed by atoms with E-state index in [0.717, 1.165) is 22.9 Å². The molecule has 158 valence electrons. The van der Waals surface area contributed by atoms with Crippen molar-refractivity contribution in [3.8, 4) is 11.5 Å². The zero-order valence-corrected chi connectivity index (χ0v) is 17.9. The second kappa shape index (κ2) is 7.57. The van der Waals surface area contributed by atoms with E-state index in [1.54, 1.807) is 0 Å². The topological polar surface area (TPSA) is 51.6 Å². The van der Waals surface area contributed by atoms with Gasteiger partial charge in [0.15, 0.2) is 16.6 Å². The van der Waals surface area contributed by atoms with E-state index in [9.17, 15) is 0 Å². The highest BCUT2D eigenvalue weighted by atomic mass is 32.1. The van der Waals surface area contributed by atoms with E-state index >= 15 is 0 Å². The molecule has 3 aromatic rings. The lowest BCUT2D eigenvalue weighted by Crippen LogP contribution is -2.30. The fourth-order valence-electron chi connectivity index (χ4n) is 5.14. The summed E-state index contributed by atoms with van der Waals surface area (Å²) in [5, 5.41) is 4.25. The number of benzene rings is 1. The highest BCUT2D eigenvalue weighted by Gasteiger charge is 2.43. The highest BCUT2D eigenvalue weighted by Crippen LogP contribution is 2.45. The summed E-state index contributed by atoms with van der Waals surface area (Å²) in [4.78, 5) is 6.87. The van der Waals surface area contributed by atoms with Crippen LogP contribution in [0.3, 0.4) is 0 Å². The molecular formula is C24H24N4O2S. The number of rotatable bonds is 4. The van der Waals surface area contributed by atoms with E-state index in [4.69, 9.17) is 21.7 Å². The summed E-state index contributed by atoms with van der Waals surface area (Å²) in [6.45, 7) is 0.256. The molecular weight excluding hydrogens is 408 g/mol. The molecule has 0 radical (unpaired) electrons. The molecule has 2 fully saturated rings. The Morgan fingerprint density at radius 1 is 1.00 bits per heavy atom. The van der Waals surface area contributed by atoms with Gasteiger partial charge >= 0.3 is 0 Å². The molecule has 0 unspecified atom stereocenters. The SMILES string of the molecule is S=C1N[C@@H](c2ccccn2)[C@H](c2cccn2C2CCCC2)N1c1ccc2c(c1)OCO2. The molecule has 2 atom stereocenters. The van der Waals surface area contributed by atoms with Gasteiger partial charge in [0.05, 0.1) is 11.7 Å². The van der Waals surface area contributed by atoms with Crippen molar-refractivity contribution in [2.75, 3.05) is 11.7 Å². The first-order valence-electron chi connectivity index (χ1n) is 10.9. The largest absolute Gasteiger partial charge is 0.454 e. The lowest BCUT2D eigenvalue weighted by atomic mass is 10.00. The zero-order chi connectivity index (χ0) is 20.8. The van der Waals surface area contributed by atoms with Gasteiger partial charge in [0.2, 0.25) is 6.79 Å². The van der Waals surface area contributed by atoms with Crippen LogP contribution in [0.25, 0.3) is 0 Å². The molecule has 3 aliphatic rings. The van der Waals surface area contributed by atoms with Crippen molar-refractivity contribution in [3.63, 3.8) is 0 Å². The fourth-order valence-corrected chi connectivity index (χ4v) is 5.49. The van der Waals surface area contributed by atoms with Crippen molar-refractivity contribution >= 4 is 23.0 Å². The molecule has 1 saturated heterocycles. The Labute approximate surface area is 186 Å². The smallest absolute Gasteiger partial charge is 0.231 e. The van der Waals surface area contributed by atoms with Gasteiger partial charge in [0.25, 0.3) is 0 Å². The molecule has 6 rings (SSSR count). The minimum absolute atomic E-state index is 0.0154. The van der Waals surface area contributed by atoms with Crippen LogP contribution in [0, 0.1) is 0 Å². The number of nitrogens with zero attached hydrogens (tertiary/aromatic N) is 3. The molecule has 1 aliphatic carbocycles. The van der Waals surface area contributed by atoms with Crippen LogP contribution in [0.15, 0.2) is 60.9 Å². The molecule has 1 N–H and O–H groups in total. The van der Waals surface area contributed by atoms with Crippen molar-refractivity contribution in [2.45, 2.75) is 43.8 Å². The number of hydrogen-bond acceptors (Lipinski definition) is 4. The third-order valence-electron chi connectivity index (χ3n) is 6.57. The van der Waals surface area contributed by atoms with Gasteiger partial charge < -0.3 is 24.3 Å². The van der Waals surface area contributed by atoms with Crippen molar-refractivity contribution in [1.82, 2.24) is 14.9 Å². The number of nitrogens with one attached hydrogen (secondary N) is 1. The first-order valence-corrected chi connectivity index (χ1v) is 11.3. The predicted octanol–water partition coefficient (Wildman–Crippen LogP) is 4.90. The van der Waals surface area contributed by atoms with E-state index in [1.807, 2.05) is 30.5 Å². The quantitative estimate of drug-likeness (QED) is 0.592. The summed E-state index contributed by atoms with van der Waals surface area (Å²) in [5.74, 6) is 1.53. The molecule has 6 nitrogen and oxygen atoms in total. The molecule has 1 aromatic carbocycles. The first kappa shape index (κ1) is 18.7. The van der Waals surface area contributed by atoms with Crippen LogP contribution in [-0.4, -0.2) is 21.5 Å². The van der Waals surface area contributed by atoms with E-state index in [2.05, 4.69) is 50.2 Å². The van der Waals surface area contributed by atoms with Gasteiger partial charge in [0.1, 0.15) is 6.04 Å². The zero-order valence-electron chi connectivity index (χ0n) is 17.1. The number of pyridine rings is 1. The number of thiocarbonyl (C=S) groups is 1. The second-order valence-electron chi connectivity index (χ2n) is 8.31. The van der Waals surface area contributed by atoms with Crippen LogP contribution in [0.1, 0.15) is 55.2 Å². The molecule has 7 heteroatoms. The van der Waals surface area contributed by atoms with Crippen LogP contribution >= 0.6 is 12.2 Å². The molecule has 0 spiro atoms. The third-order valence-corrected chi connectivity index (χ3v) is 6.88. The van der Waals surface area contributed by atoms with E-state index < -0.39 is 0 Å². The fraction of sp³-hybridized carbons (Fsp3) is 0.333. The standard InChI is InChI=1S/C24H24N4O2S/c31-24-26-22(18-8-3-4-12-25-18)23(19-9-5-13-27(19)16-6-1-2-7-16)28(24)17-10-11-20-21(14-17)30-15-29-20/h3-5,8-14,16,22-23H,1-2,6-7,15H2,(H,26,31)/t22-,23-/m0/s1. The Hall–Kier alpha value is -3.06. The van der Waals surface area contributed by atoms with Gasteiger partial charge in [-0.15, -0.1) is 0 Å². The Bertz CT molecular complexity index is 1110. The number of hydrogen-bond donors (Lipinski definition) is 1. The molecule has 31 heavy (non-hydrogen) atoms. The average Bonchev–Trinajstić information content (AvgIpc) is 3.59. The molecule has 2 aliphatic heterocycles. The van der Waals surface area contributed by atoms with Gasteiger partial charge in [-0.2, -0.15) is 0 Å². The summed E-state index contributed by atoms with van der Waals surface area (Å²) in [7, 11) is 0. The maximum absolute atomic E-state index is 5.86. The van der Waals surface area contributed by atoms with Gasteiger partial charge in [-0.05, 0) is 61.5 Å². The predicted molar refractivity (Wildman–Crippen MR) is 122 cm³/mol. The third kappa shape index (κ3) is 3.15. The summed E-state index contributed by atoms with van der Waals surface area (Å²) in [6, 6.07) is 16.9. The van der Waals surface area contributed by atoms with Gasteiger partial charge in [0, 0.05) is 35.9 Å². The van der Waals surface area contributed by atoms with Crippen molar-refractivity contribution in [1.29, 1.82) is 0 Å². The van der Waals surface area contributed by atoms with Crippen molar-refractivity contribution < 1.29 is 9.47 Å². The van der Waals surface area contributed by atoms with Gasteiger partial charge in [-0.25, -0.2) is 0 Å². The summed E-state index contributed by atoms with van der Waals surface area (Å²) < 4.78 is 13.6. The number of fused-ring (bicyclic) bond motifs is 1. The first-order chi connectivity index (χ1) is 15.3. The maximum Gasteiger partial charge on any atom is 0.231 e. The Morgan fingerprint density at radius 3 is 2.71 bits per heavy atom.